The largest absolute Gasteiger partial charge is 0.383 e. The van der Waals surface area contributed by atoms with Gasteiger partial charge in [-0.2, -0.15) is 0 Å². The third kappa shape index (κ3) is 5.85. The van der Waals surface area contributed by atoms with Gasteiger partial charge in [0, 0.05) is 26.7 Å². The molecule has 0 radical (unpaired) electrons. The molecular formula is C11H22N6O2S. The number of hydrogen-bond acceptors (Lipinski definition) is 7. The second-order valence-corrected chi connectivity index (χ2v) is 5.39. The van der Waals surface area contributed by atoms with Crippen molar-refractivity contribution in [3.8, 4) is 0 Å². The molecule has 20 heavy (non-hydrogen) atoms. The second kappa shape index (κ2) is 9.67. The summed E-state index contributed by atoms with van der Waals surface area (Å²) < 4.78 is 6.64. The third-order valence-corrected chi connectivity index (χ3v) is 3.56. The molecule has 1 atom stereocenters. The van der Waals surface area contributed by atoms with Gasteiger partial charge in [-0.15, -0.1) is 5.10 Å². The number of nitrogens with zero attached hydrogens (tertiary/aromatic N) is 4. The zero-order chi connectivity index (χ0) is 14.8. The molecule has 1 aromatic heterocycles. The standard InChI is InChI=1S/C11H22N6O2S/c1-4-13-10(18)9(2)20-11-14-15-16-17(11)7-5-12-6-8-19-3/h9,12H,4-8H2,1-3H3,(H,13,18). The first kappa shape index (κ1) is 16.9. The summed E-state index contributed by atoms with van der Waals surface area (Å²) in [5.41, 5.74) is 0. The molecule has 0 saturated carbocycles. The van der Waals surface area contributed by atoms with Crippen LogP contribution in [0.3, 0.4) is 0 Å². The number of amides is 1. The molecule has 8 nitrogen and oxygen atoms in total. The minimum Gasteiger partial charge on any atom is -0.383 e. The lowest BCUT2D eigenvalue weighted by atomic mass is 10.4. The quantitative estimate of drug-likeness (QED) is 0.445. The predicted molar refractivity (Wildman–Crippen MR) is 76.6 cm³/mol. The lowest BCUT2D eigenvalue weighted by molar-refractivity contribution is -0.120. The van der Waals surface area contributed by atoms with Crippen LogP contribution in [0.15, 0.2) is 5.16 Å². The van der Waals surface area contributed by atoms with E-state index in [9.17, 15) is 4.79 Å². The molecule has 1 unspecified atom stereocenters. The number of carbonyl (C=O) groups excluding carboxylic acids is 1. The van der Waals surface area contributed by atoms with Gasteiger partial charge in [0.2, 0.25) is 11.1 Å². The lowest BCUT2D eigenvalue weighted by Gasteiger charge is -2.10. The van der Waals surface area contributed by atoms with Crippen LogP contribution in [-0.2, 0) is 16.1 Å². The Balaban J connectivity index is 2.39. The van der Waals surface area contributed by atoms with Gasteiger partial charge < -0.3 is 15.4 Å². The van der Waals surface area contributed by atoms with Crippen LogP contribution >= 0.6 is 11.8 Å². The molecule has 2 N–H and O–H groups in total. The Morgan fingerprint density at radius 1 is 1.50 bits per heavy atom. The fourth-order valence-electron chi connectivity index (χ4n) is 1.43. The normalized spacial score (nSPS) is 12.3. The van der Waals surface area contributed by atoms with Crippen LogP contribution in [0.2, 0.25) is 0 Å². The van der Waals surface area contributed by atoms with Gasteiger partial charge in [0.25, 0.3) is 0 Å². The highest BCUT2D eigenvalue weighted by molar-refractivity contribution is 8.00. The van der Waals surface area contributed by atoms with Crippen molar-refractivity contribution >= 4 is 17.7 Å². The highest BCUT2D eigenvalue weighted by atomic mass is 32.2. The fourth-order valence-corrected chi connectivity index (χ4v) is 2.27. The van der Waals surface area contributed by atoms with Crippen LogP contribution in [-0.4, -0.2) is 64.7 Å². The van der Waals surface area contributed by atoms with E-state index in [1.807, 2.05) is 13.8 Å². The molecular weight excluding hydrogens is 280 g/mol. The van der Waals surface area contributed by atoms with Crippen molar-refractivity contribution in [1.82, 2.24) is 30.8 Å². The minimum absolute atomic E-state index is 0.00901. The van der Waals surface area contributed by atoms with Gasteiger partial charge in [-0.05, 0) is 24.3 Å². The highest BCUT2D eigenvalue weighted by Crippen LogP contribution is 2.19. The number of hydrogen-bond donors (Lipinski definition) is 2. The van der Waals surface area contributed by atoms with E-state index < -0.39 is 0 Å². The van der Waals surface area contributed by atoms with E-state index in [0.717, 1.165) is 13.1 Å². The number of carbonyl (C=O) groups is 1. The van der Waals surface area contributed by atoms with Crippen molar-refractivity contribution in [3.05, 3.63) is 0 Å². The molecule has 114 valence electrons. The van der Waals surface area contributed by atoms with Crippen LogP contribution in [0.25, 0.3) is 0 Å². The Bertz CT molecular complexity index is 400. The number of thioether (sulfide) groups is 1. The smallest absolute Gasteiger partial charge is 0.233 e. The summed E-state index contributed by atoms with van der Waals surface area (Å²) in [5.74, 6) is -0.00901. The van der Waals surface area contributed by atoms with Crippen molar-refractivity contribution in [2.75, 3.05) is 33.4 Å². The van der Waals surface area contributed by atoms with Gasteiger partial charge >= 0.3 is 0 Å². The van der Waals surface area contributed by atoms with Gasteiger partial charge in [-0.1, -0.05) is 11.8 Å². The second-order valence-electron chi connectivity index (χ2n) is 4.08. The van der Waals surface area contributed by atoms with E-state index in [1.54, 1.807) is 11.8 Å². The summed E-state index contributed by atoms with van der Waals surface area (Å²) in [6.45, 7) is 7.22. The number of ether oxygens (including phenoxy) is 1. The van der Waals surface area contributed by atoms with Crippen LogP contribution in [0.5, 0.6) is 0 Å². The summed E-state index contributed by atoms with van der Waals surface area (Å²) in [6.07, 6.45) is 0. The molecule has 0 aliphatic carbocycles. The van der Waals surface area contributed by atoms with E-state index in [0.29, 0.717) is 24.9 Å². The van der Waals surface area contributed by atoms with Crippen molar-refractivity contribution < 1.29 is 9.53 Å². The Kier molecular flexibility index (Phi) is 8.16. The number of tetrazole rings is 1. The summed E-state index contributed by atoms with van der Waals surface area (Å²) in [6, 6.07) is 0. The number of rotatable bonds is 10. The first-order valence-corrected chi connectivity index (χ1v) is 7.47. The summed E-state index contributed by atoms with van der Waals surface area (Å²) in [7, 11) is 1.67. The molecule has 0 aliphatic rings. The van der Waals surface area contributed by atoms with E-state index in [-0.39, 0.29) is 11.2 Å². The SMILES string of the molecule is CCNC(=O)C(C)Sc1nnnn1CCNCCOC. The van der Waals surface area contributed by atoms with Crippen molar-refractivity contribution in [1.29, 1.82) is 0 Å². The lowest BCUT2D eigenvalue weighted by Crippen LogP contribution is -2.31. The molecule has 0 aliphatic heterocycles. The fraction of sp³-hybridized carbons (Fsp3) is 0.818. The molecule has 0 bridgehead atoms. The van der Waals surface area contributed by atoms with Crippen LogP contribution in [0.1, 0.15) is 13.8 Å². The number of nitrogens with one attached hydrogen (secondary N) is 2. The Hall–Kier alpha value is -1.19. The molecule has 0 fully saturated rings. The van der Waals surface area contributed by atoms with Gasteiger partial charge in [-0.3, -0.25) is 4.79 Å². The van der Waals surface area contributed by atoms with Crippen molar-refractivity contribution in [3.63, 3.8) is 0 Å². The van der Waals surface area contributed by atoms with Gasteiger partial charge in [0.05, 0.1) is 18.4 Å². The van der Waals surface area contributed by atoms with E-state index >= 15 is 0 Å². The molecule has 1 rings (SSSR count). The molecule has 1 amide bonds. The van der Waals surface area contributed by atoms with Gasteiger partial charge in [0.1, 0.15) is 0 Å². The van der Waals surface area contributed by atoms with E-state index in [4.69, 9.17) is 4.74 Å². The average Bonchev–Trinajstić information content (AvgIpc) is 2.86. The summed E-state index contributed by atoms with van der Waals surface area (Å²) >= 11 is 1.36. The third-order valence-electron chi connectivity index (χ3n) is 2.48. The number of methoxy groups -OCH3 is 1. The van der Waals surface area contributed by atoms with E-state index in [1.165, 1.54) is 11.8 Å². The monoisotopic (exact) mass is 302 g/mol. The Morgan fingerprint density at radius 2 is 2.30 bits per heavy atom. The summed E-state index contributed by atoms with van der Waals surface area (Å²) in [5, 5.41) is 18.0. The van der Waals surface area contributed by atoms with Crippen molar-refractivity contribution in [2.24, 2.45) is 0 Å². The topological polar surface area (TPSA) is 94.0 Å². The molecule has 1 aromatic rings. The van der Waals surface area contributed by atoms with Gasteiger partial charge in [0.15, 0.2) is 0 Å². The maximum atomic E-state index is 11.7. The van der Waals surface area contributed by atoms with Crippen LogP contribution < -0.4 is 10.6 Å². The summed E-state index contributed by atoms with van der Waals surface area (Å²) in [4.78, 5) is 11.7. The van der Waals surface area contributed by atoms with Crippen LogP contribution in [0.4, 0.5) is 0 Å². The first-order valence-electron chi connectivity index (χ1n) is 6.59. The van der Waals surface area contributed by atoms with Crippen LogP contribution in [0, 0.1) is 0 Å². The first-order chi connectivity index (χ1) is 9.69. The maximum Gasteiger partial charge on any atom is 0.233 e. The zero-order valence-corrected chi connectivity index (χ0v) is 12.9. The predicted octanol–water partition coefficient (Wildman–Crippen LogP) is -0.474. The molecule has 9 heteroatoms. The highest BCUT2D eigenvalue weighted by Gasteiger charge is 2.17. The molecule has 1 heterocycles. The minimum atomic E-state index is -0.221. The Labute approximate surface area is 123 Å². The molecule has 0 aromatic carbocycles. The molecule has 0 spiro atoms. The zero-order valence-electron chi connectivity index (χ0n) is 12.1. The van der Waals surface area contributed by atoms with Crippen molar-refractivity contribution in [2.45, 2.75) is 30.8 Å². The average molecular weight is 302 g/mol. The van der Waals surface area contributed by atoms with E-state index in [2.05, 4.69) is 26.2 Å². The molecule has 0 saturated heterocycles. The Morgan fingerprint density at radius 3 is 3.00 bits per heavy atom. The van der Waals surface area contributed by atoms with Gasteiger partial charge in [-0.25, -0.2) is 4.68 Å². The maximum absolute atomic E-state index is 11.7. The number of aromatic nitrogens is 4.